The van der Waals surface area contributed by atoms with E-state index in [9.17, 15) is 26.3 Å². The fourth-order valence-corrected chi connectivity index (χ4v) is 6.57. The monoisotopic (exact) mass is 577 g/mol. The molecule has 0 bridgehead atoms. The average molecular weight is 578 g/mol. The van der Waals surface area contributed by atoms with Crippen molar-refractivity contribution in [2.75, 3.05) is 0 Å². The third-order valence-electron chi connectivity index (χ3n) is 6.93. The summed E-state index contributed by atoms with van der Waals surface area (Å²) in [4.78, 5) is 6.07. The van der Waals surface area contributed by atoms with Gasteiger partial charge in [-0.15, -0.1) is 37.7 Å². The van der Waals surface area contributed by atoms with Crippen molar-refractivity contribution in [2.45, 2.75) is 56.7 Å². The summed E-state index contributed by atoms with van der Waals surface area (Å²) in [5.74, 6) is -0.827. The third kappa shape index (κ3) is 6.78. The Labute approximate surface area is 231 Å². The van der Waals surface area contributed by atoms with Crippen LogP contribution in [0.5, 0.6) is 11.5 Å². The van der Waals surface area contributed by atoms with E-state index in [1.165, 1.54) is 41.3 Å². The Hall–Kier alpha value is -3.53. The molecule has 0 spiro atoms. The predicted molar refractivity (Wildman–Crippen MR) is 140 cm³/mol. The summed E-state index contributed by atoms with van der Waals surface area (Å²) in [6, 6.07) is 20.6. The topological polar surface area (TPSA) is 31.4 Å². The number of ether oxygens (including phenoxy) is 2. The summed E-state index contributed by atoms with van der Waals surface area (Å²) >= 11 is 1.56. The van der Waals surface area contributed by atoms with Crippen molar-refractivity contribution in [3.63, 3.8) is 0 Å². The van der Waals surface area contributed by atoms with E-state index >= 15 is 0 Å². The number of aryl methyl sites for hydroxylation is 2. The Kier molecular flexibility index (Phi) is 7.81. The zero-order valence-electron chi connectivity index (χ0n) is 21.2. The fraction of sp³-hybridized carbons (Fsp3) is 0.300. The van der Waals surface area contributed by atoms with Crippen LogP contribution in [0.25, 0.3) is 0 Å². The van der Waals surface area contributed by atoms with Crippen LogP contribution in [0.2, 0.25) is 0 Å². The van der Waals surface area contributed by atoms with Gasteiger partial charge in [0.1, 0.15) is 11.5 Å². The molecule has 3 nitrogen and oxygen atoms in total. The Morgan fingerprint density at radius 2 is 1.25 bits per heavy atom. The molecule has 10 heteroatoms. The second-order valence-corrected chi connectivity index (χ2v) is 10.9. The lowest BCUT2D eigenvalue weighted by atomic mass is 9.68. The number of benzene rings is 3. The molecular weight excluding hydrogens is 552 g/mol. The SMILES string of the molecule is FC(F)(F)Oc1cccc(C(Cc2ccccc2)(Cc2nc3c(s2)CCCC3)c2cccc(OC(F)(F)F)c2)c1. The summed E-state index contributed by atoms with van der Waals surface area (Å²) < 4.78 is 87.5. The van der Waals surface area contributed by atoms with Crippen molar-refractivity contribution in [1.82, 2.24) is 4.98 Å². The van der Waals surface area contributed by atoms with E-state index in [-0.39, 0.29) is 12.8 Å². The van der Waals surface area contributed by atoms with E-state index in [1.54, 1.807) is 23.5 Å². The number of rotatable bonds is 8. The molecule has 40 heavy (non-hydrogen) atoms. The molecule has 0 radical (unpaired) electrons. The second-order valence-electron chi connectivity index (χ2n) is 9.76. The highest BCUT2D eigenvalue weighted by atomic mass is 32.1. The number of alkyl halides is 6. The van der Waals surface area contributed by atoms with Crippen LogP contribution < -0.4 is 9.47 Å². The lowest BCUT2D eigenvalue weighted by molar-refractivity contribution is -0.275. The summed E-state index contributed by atoms with van der Waals surface area (Å²) in [5, 5.41) is 0.770. The lowest BCUT2D eigenvalue weighted by Gasteiger charge is -2.35. The van der Waals surface area contributed by atoms with E-state index in [0.717, 1.165) is 41.9 Å². The normalized spacial score (nSPS) is 14.1. The molecular formula is C30H25F6NO2S. The zero-order valence-corrected chi connectivity index (χ0v) is 22.0. The summed E-state index contributed by atoms with van der Waals surface area (Å²) in [6.45, 7) is 0. The highest BCUT2D eigenvalue weighted by Crippen LogP contribution is 2.43. The fourth-order valence-electron chi connectivity index (χ4n) is 5.30. The van der Waals surface area contributed by atoms with E-state index in [2.05, 4.69) is 9.47 Å². The van der Waals surface area contributed by atoms with Crippen molar-refractivity contribution in [3.8, 4) is 11.5 Å². The number of fused-ring (bicyclic) bond motifs is 1. The maximum Gasteiger partial charge on any atom is 0.573 e. The van der Waals surface area contributed by atoms with Gasteiger partial charge in [0.25, 0.3) is 0 Å². The first kappa shape index (κ1) is 28.0. The van der Waals surface area contributed by atoms with Gasteiger partial charge in [-0.2, -0.15) is 0 Å². The zero-order chi connectivity index (χ0) is 28.4. The molecule has 4 aromatic rings. The molecule has 1 aliphatic carbocycles. The van der Waals surface area contributed by atoms with Crippen LogP contribution in [0.15, 0.2) is 78.9 Å². The molecule has 0 amide bonds. The average Bonchev–Trinajstić information content (AvgIpc) is 3.29. The molecule has 3 aromatic carbocycles. The van der Waals surface area contributed by atoms with E-state index in [4.69, 9.17) is 4.98 Å². The molecule has 0 fully saturated rings. The molecule has 0 atom stereocenters. The first-order chi connectivity index (χ1) is 19.0. The van der Waals surface area contributed by atoms with E-state index in [0.29, 0.717) is 11.1 Å². The number of hydrogen-bond donors (Lipinski definition) is 0. The minimum absolute atomic E-state index is 0.254. The van der Waals surface area contributed by atoms with Gasteiger partial charge in [0.05, 0.1) is 10.7 Å². The number of nitrogens with zero attached hydrogens (tertiary/aromatic N) is 1. The van der Waals surface area contributed by atoms with Gasteiger partial charge in [0.15, 0.2) is 0 Å². The highest BCUT2D eigenvalue weighted by Gasteiger charge is 2.39. The summed E-state index contributed by atoms with van der Waals surface area (Å²) in [6.07, 6.45) is -5.45. The quantitative estimate of drug-likeness (QED) is 0.197. The van der Waals surface area contributed by atoms with Gasteiger partial charge in [-0.05, 0) is 73.1 Å². The van der Waals surface area contributed by atoms with Gasteiger partial charge in [0.2, 0.25) is 0 Å². The van der Waals surface area contributed by atoms with Crippen molar-refractivity contribution in [1.29, 1.82) is 0 Å². The van der Waals surface area contributed by atoms with Crippen molar-refractivity contribution < 1.29 is 35.8 Å². The molecule has 5 rings (SSSR count). The van der Waals surface area contributed by atoms with Crippen molar-refractivity contribution in [3.05, 3.63) is 111 Å². The maximum absolute atomic E-state index is 13.2. The standard InChI is InChI=1S/C30H25F6NO2S/c31-29(32,33)38-23-12-6-10-21(16-23)28(18-20-8-2-1-3-9-20,19-27-37-25-14-4-5-15-26(25)40-27)22-11-7-13-24(17-22)39-30(34,35)36/h1-3,6-13,16-17H,4-5,14-15,18-19H2. The molecule has 0 unspecified atom stereocenters. The van der Waals surface area contributed by atoms with Gasteiger partial charge < -0.3 is 9.47 Å². The third-order valence-corrected chi connectivity index (χ3v) is 8.09. The van der Waals surface area contributed by atoms with Gasteiger partial charge >= 0.3 is 12.7 Å². The lowest BCUT2D eigenvalue weighted by Crippen LogP contribution is -2.34. The van der Waals surface area contributed by atoms with Crippen LogP contribution in [0.1, 0.15) is 45.1 Å². The molecule has 1 aliphatic rings. The van der Waals surface area contributed by atoms with Crippen LogP contribution in [0.3, 0.4) is 0 Å². The number of aromatic nitrogens is 1. The minimum atomic E-state index is -4.91. The summed E-state index contributed by atoms with van der Waals surface area (Å²) in [7, 11) is 0. The first-order valence-electron chi connectivity index (χ1n) is 12.7. The minimum Gasteiger partial charge on any atom is -0.406 e. The molecule has 210 valence electrons. The van der Waals surface area contributed by atoms with Crippen LogP contribution in [-0.4, -0.2) is 17.7 Å². The number of thiazole rings is 1. The van der Waals surface area contributed by atoms with Crippen molar-refractivity contribution >= 4 is 11.3 Å². The van der Waals surface area contributed by atoms with Crippen LogP contribution >= 0.6 is 11.3 Å². The smallest absolute Gasteiger partial charge is 0.406 e. The van der Waals surface area contributed by atoms with E-state index < -0.39 is 29.6 Å². The molecule has 1 heterocycles. The Morgan fingerprint density at radius 3 is 1.80 bits per heavy atom. The van der Waals surface area contributed by atoms with Gasteiger partial charge in [-0.25, -0.2) is 4.98 Å². The largest absolute Gasteiger partial charge is 0.573 e. The Bertz CT molecular complexity index is 1370. The molecule has 0 N–H and O–H groups in total. The Morgan fingerprint density at radius 1 is 0.675 bits per heavy atom. The molecule has 0 aliphatic heterocycles. The van der Waals surface area contributed by atoms with Crippen LogP contribution in [0, 0.1) is 0 Å². The number of halogens is 6. The van der Waals surface area contributed by atoms with Gasteiger partial charge in [0, 0.05) is 16.7 Å². The van der Waals surface area contributed by atoms with Gasteiger partial charge in [-0.1, -0.05) is 54.6 Å². The van der Waals surface area contributed by atoms with Crippen LogP contribution in [-0.2, 0) is 31.1 Å². The van der Waals surface area contributed by atoms with Gasteiger partial charge in [-0.3, -0.25) is 0 Å². The predicted octanol–water partition coefficient (Wildman–Crippen LogP) is 8.59. The first-order valence-corrected chi connectivity index (χ1v) is 13.5. The Balaban J connectivity index is 1.70. The molecule has 1 aromatic heterocycles. The van der Waals surface area contributed by atoms with E-state index in [1.807, 2.05) is 30.3 Å². The maximum atomic E-state index is 13.2. The van der Waals surface area contributed by atoms with Crippen LogP contribution in [0.4, 0.5) is 26.3 Å². The van der Waals surface area contributed by atoms with Crippen molar-refractivity contribution in [2.24, 2.45) is 0 Å². The molecule has 0 saturated carbocycles. The second kappa shape index (κ2) is 11.2. The number of hydrogen-bond acceptors (Lipinski definition) is 4. The highest BCUT2D eigenvalue weighted by molar-refractivity contribution is 7.11. The molecule has 0 saturated heterocycles. The summed E-state index contributed by atoms with van der Waals surface area (Å²) in [5.41, 5.74) is 1.68.